The molecule has 0 heterocycles. The van der Waals surface area contributed by atoms with Gasteiger partial charge in [-0.05, 0) is 73.2 Å². The summed E-state index contributed by atoms with van der Waals surface area (Å²) in [5.74, 6) is 0.321. The van der Waals surface area contributed by atoms with Crippen molar-refractivity contribution < 1.29 is 5.11 Å². The number of nitrogens with one attached hydrogen (secondary N) is 1. The maximum absolute atomic E-state index is 9.38. The van der Waals surface area contributed by atoms with Crippen molar-refractivity contribution in [1.82, 2.24) is 0 Å². The lowest BCUT2D eigenvalue weighted by Crippen LogP contribution is -2.04. The molecule has 0 aromatic heterocycles. The van der Waals surface area contributed by atoms with E-state index in [9.17, 15) is 5.11 Å². The quantitative estimate of drug-likeness (QED) is 0.849. The van der Waals surface area contributed by atoms with Crippen molar-refractivity contribution in [3.05, 3.63) is 70.4 Å². The monoisotopic (exact) mass is 279 g/mol. The first kappa shape index (κ1) is 13.7. The van der Waals surface area contributed by atoms with E-state index >= 15 is 0 Å². The topological polar surface area (TPSA) is 32.3 Å². The van der Waals surface area contributed by atoms with Gasteiger partial charge in [0.05, 0.1) is 0 Å². The van der Waals surface area contributed by atoms with E-state index in [1.807, 2.05) is 12.1 Å². The number of rotatable bonds is 4. The number of hydrogen-bond acceptors (Lipinski definition) is 2. The predicted molar refractivity (Wildman–Crippen MR) is 87.6 cm³/mol. The zero-order chi connectivity index (χ0) is 14.8. The van der Waals surface area contributed by atoms with Crippen LogP contribution in [0.25, 0.3) is 0 Å². The Morgan fingerprint density at radius 1 is 1.00 bits per heavy atom. The standard InChI is InChI=1S/C19H21NO/c1-13-9-14(2)11-17(10-13)20-19(16-5-6-16)12-15-3-7-18(21)8-4-15/h3-4,7-11,20-21H,5-6,12H2,1-2H3. The summed E-state index contributed by atoms with van der Waals surface area (Å²) in [7, 11) is 0. The Labute approximate surface area is 126 Å². The molecule has 21 heavy (non-hydrogen) atoms. The highest BCUT2D eigenvalue weighted by atomic mass is 16.3. The number of phenols is 1. The van der Waals surface area contributed by atoms with E-state index in [2.05, 4.69) is 37.4 Å². The van der Waals surface area contributed by atoms with Crippen molar-refractivity contribution >= 4 is 5.69 Å². The zero-order valence-electron chi connectivity index (χ0n) is 12.6. The Bertz CT molecular complexity index is 657. The maximum atomic E-state index is 9.38. The van der Waals surface area contributed by atoms with Gasteiger partial charge >= 0.3 is 0 Å². The number of benzene rings is 2. The fraction of sp³-hybridized carbons (Fsp3) is 0.263. The molecule has 0 amide bonds. The highest BCUT2D eigenvalue weighted by Crippen LogP contribution is 2.34. The number of phenolic OH excluding ortho intramolecular Hbond substituents is 1. The molecule has 2 aromatic carbocycles. The molecule has 2 aromatic rings. The SMILES string of the molecule is Cc1cc(C)cc(NC(Cc2ccc(O)cc2)=C2CC2)c1. The van der Waals surface area contributed by atoms with Gasteiger partial charge in [-0.1, -0.05) is 18.2 Å². The molecule has 1 aliphatic rings. The van der Waals surface area contributed by atoms with Crippen LogP contribution in [0.3, 0.4) is 0 Å². The smallest absolute Gasteiger partial charge is 0.115 e. The lowest BCUT2D eigenvalue weighted by molar-refractivity contribution is 0.475. The van der Waals surface area contributed by atoms with Crippen LogP contribution in [0.4, 0.5) is 5.69 Å². The van der Waals surface area contributed by atoms with Crippen LogP contribution in [-0.4, -0.2) is 5.11 Å². The summed E-state index contributed by atoms with van der Waals surface area (Å²) in [6.07, 6.45) is 3.29. The number of allylic oxidation sites excluding steroid dienone is 2. The Kier molecular flexibility index (Phi) is 3.70. The average Bonchev–Trinajstić information content (AvgIpc) is 3.24. The van der Waals surface area contributed by atoms with Gasteiger partial charge in [0, 0.05) is 17.8 Å². The molecule has 0 atom stereocenters. The number of hydrogen-bond donors (Lipinski definition) is 2. The summed E-state index contributed by atoms with van der Waals surface area (Å²) >= 11 is 0. The van der Waals surface area contributed by atoms with E-state index in [1.54, 1.807) is 12.1 Å². The van der Waals surface area contributed by atoms with Crippen LogP contribution in [0.15, 0.2) is 53.7 Å². The zero-order valence-corrected chi connectivity index (χ0v) is 12.6. The molecule has 0 spiro atoms. The molecule has 1 saturated carbocycles. The Hall–Kier alpha value is -2.22. The van der Waals surface area contributed by atoms with E-state index in [4.69, 9.17) is 0 Å². The summed E-state index contributed by atoms with van der Waals surface area (Å²) in [5, 5.41) is 13.0. The molecular formula is C19H21NO. The third-order valence-electron chi connectivity index (χ3n) is 3.76. The van der Waals surface area contributed by atoms with Gasteiger partial charge in [-0.3, -0.25) is 0 Å². The Balaban J connectivity index is 1.80. The summed E-state index contributed by atoms with van der Waals surface area (Å²) in [4.78, 5) is 0. The molecule has 1 aliphatic carbocycles. The summed E-state index contributed by atoms with van der Waals surface area (Å²) in [5.41, 5.74) is 7.78. The second-order valence-corrected chi connectivity index (χ2v) is 5.93. The largest absolute Gasteiger partial charge is 0.508 e. The third kappa shape index (κ3) is 3.66. The minimum Gasteiger partial charge on any atom is -0.508 e. The highest BCUT2D eigenvalue weighted by Gasteiger charge is 2.18. The second-order valence-electron chi connectivity index (χ2n) is 5.93. The van der Waals surface area contributed by atoms with Crippen LogP contribution in [0.2, 0.25) is 0 Å². The van der Waals surface area contributed by atoms with E-state index < -0.39 is 0 Å². The summed E-state index contributed by atoms with van der Waals surface area (Å²) < 4.78 is 0. The van der Waals surface area contributed by atoms with Crippen molar-refractivity contribution in [2.75, 3.05) is 5.32 Å². The lowest BCUT2D eigenvalue weighted by Gasteiger charge is -2.13. The van der Waals surface area contributed by atoms with Crippen LogP contribution >= 0.6 is 0 Å². The maximum Gasteiger partial charge on any atom is 0.115 e. The van der Waals surface area contributed by atoms with Gasteiger partial charge in [0.25, 0.3) is 0 Å². The molecule has 3 rings (SSSR count). The van der Waals surface area contributed by atoms with E-state index in [0.717, 1.165) is 6.42 Å². The number of aromatic hydroxyl groups is 1. The first-order valence-corrected chi connectivity index (χ1v) is 7.44. The van der Waals surface area contributed by atoms with Gasteiger partial charge in [0.1, 0.15) is 5.75 Å². The molecule has 108 valence electrons. The fourth-order valence-corrected chi connectivity index (χ4v) is 2.66. The molecule has 2 nitrogen and oxygen atoms in total. The van der Waals surface area contributed by atoms with Crippen LogP contribution in [-0.2, 0) is 6.42 Å². The summed E-state index contributed by atoms with van der Waals surface area (Å²) in [6, 6.07) is 14.0. The fourth-order valence-electron chi connectivity index (χ4n) is 2.66. The Morgan fingerprint density at radius 3 is 2.19 bits per heavy atom. The predicted octanol–water partition coefficient (Wildman–Crippen LogP) is 4.71. The van der Waals surface area contributed by atoms with Gasteiger partial charge in [-0.25, -0.2) is 0 Å². The molecular weight excluding hydrogens is 258 g/mol. The van der Waals surface area contributed by atoms with Crippen LogP contribution in [0, 0.1) is 13.8 Å². The highest BCUT2D eigenvalue weighted by molar-refractivity contribution is 5.54. The molecule has 2 N–H and O–H groups in total. The number of aryl methyl sites for hydroxylation is 2. The molecule has 0 radical (unpaired) electrons. The van der Waals surface area contributed by atoms with Gasteiger partial charge in [-0.2, -0.15) is 0 Å². The second kappa shape index (κ2) is 5.65. The van der Waals surface area contributed by atoms with Crippen molar-refractivity contribution in [2.24, 2.45) is 0 Å². The van der Waals surface area contributed by atoms with Crippen LogP contribution < -0.4 is 5.32 Å². The first-order chi connectivity index (χ1) is 10.1. The molecule has 0 unspecified atom stereocenters. The molecule has 0 bridgehead atoms. The molecule has 2 heteroatoms. The van der Waals surface area contributed by atoms with Crippen LogP contribution in [0.5, 0.6) is 5.75 Å². The van der Waals surface area contributed by atoms with Crippen molar-refractivity contribution in [3.8, 4) is 5.75 Å². The van der Waals surface area contributed by atoms with Gasteiger partial charge < -0.3 is 10.4 Å². The van der Waals surface area contributed by atoms with Gasteiger partial charge in [0.15, 0.2) is 0 Å². The van der Waals surface area contributed by atoms with E-state index in [-0.39, 0.29) is 0 Å². The molecule has 0 saturated heterocycles. The van der Waals surface area contributed by atoms with Gasteiger partial charge in [0.2, 0.25) is 0 Å². The third-order valence-corrected chi connectivity index (χ3v) is 3.76. The first-order valence-electron chi connectivity index (χ1n) is 7.44. The van der Waals surface area contributed by atoms with Gasteiger partial charge in [-0.15, -0.1) is 0 Å². The summed E-state index contributed by atoms with van der Waals surface area (Å²) in [6.45, 7) is 4.25. The van der Waals surface area contributed by atoms with E-state index in [1.165, 1.54) is 46.5 Å². The molecule has 1 fully saturated rings. The Morgan fingerprint density at radius 2 is 1.62 bits per heavy atom. The average molecular weight is 279 g/mol. The number of anilines is 1. The van der Waals surface area contributed by atoms with Crippen molar-refractivity contribution in [2.45, 2.75) is 33.1 Å². The van der Waals surface area contributed by atoms with Crippen molar-refractivity contribution in [1.29, 1.82) is 0 Å². The van der Waals surface area contributed by atoms with Crippen molar-refractivity contribution in [3.63, 3.8) is 0 Å². The lowest BCUT2D eigenvalue weighted by atomic mass is 10.1. The molecule has 0 aliphatic heterocycles. The minimum absolute atomic E-state index is 0.321. The van der Waals surface area contributed by atoms with E-state index in [0.29, 0.717) is 5.75 Å². The normalized spacial score (nSPS) is 13.1. The minimum atomic E-state index is 0.321. The van der Waals surface area contributed by atoms with Crippen LogP contribution in [0.1, 0.15) is 29.5 Å².